The first-order valence-electron chi connectivity index (χ1n) is 8.96. The largest absolute Gasteiger partial charge is 0.352 e. The van der Waals surface area contributed by atoms with E-state index in [1.807, 2.05) is 0 Å². The number of amides is 1. The quantitative estimate of drug-likeness (QED) is 0.888. The summed E-state index contributed by atoms with van der Waals surface area (Å²) in [4.78, 5) is 12.7. The van der Waals surface area contributed by atoms with Gasteiger partial charge in [0, 0.05) is 19.6 Å². The summed E-state index contributed by atoms with van der Waals surface area (Å²) in [6.45, 7) is 1.72. The Balaban J connectivity index is 1.77. The van der Waals surface area contributed by atoms with Gasteiger partial charge in [0.1, 0.15) is 0 Å². The predicted octanol–water partition coefficient (Wildman–Crippen LogP) is 2.78. The lowest BCUT2D eigenvalue weighted by atomic mass is 10.1. The van der Waals surface area contributed by atoms with E-state index >= 15 is 0 Å². The van der Waals surface area contributed by atoms with Crippen molar-refractivity contribution in [3.05, 3.63) is 29.8 Å². The molecule has 1 saturated heterocycles. The molecule has 1 aromatic carbocycles. The molecule has 1 saturated carbocycles. The van der Waals surface area contributed by atoms with Crippen LogP contribution in [0.5, 0.6) is 0 Å². The third kappa shape index (κ3) is 3.81. The van der Waals surface area contributed by atoms with Gasteiger partial charge in [0.05, 0.1) is 10.5 Å². The number of sulfonamides is 1. The molecule has 1 aromatic rings. The third-order valence-electron chi connectivity index (χ3n) is 5.09. The highest BCUT2D eigenvalue weighted by atomic mass is 32.2. The smallest absolute Gasteiger partial charge is 0.252 e. The molecule has 0 aromatic heterocycles. The average Bonchev–Trinajstić information content (AvgIpc) is 3.14. The van der Waals surface area contributed by atoms with Crippen LogP contribution in [0, 0.1) is 5.92 Å². The van der Waals surface area contributed by atoms with Crippen molar-refractivity contribution < 1.29 is 13.2 Å². The number of hydrogen-bond donors (Lipinski definition) is 1. The zero-order chi connectivity index (χ0) is 17.0. The van der Waals surface area contributed by atoms with Crippen LogP contribution in [-0.2, 0) is 10.0 Å². The number of piperidine rings is 1. The number of carbonyl (C=O) groups is 1. The van der Waals surface area contributed by atoms with Gasteiger partial charge in [-0.2, -0.15) is 4.31 Å². The van der Waals surface area contributed by atoms with E-state index in [-0.39, 0.29) is 16.4 Å². The van der Waals surface area contributed by atoms with Gasteiger partial charge in [0.25, 0.3) is 5.91 Å². The molecule has 2 aliphatic rings. The Morgan fingerprint density at radius 1 is 1.04 bits per heavy atom. The molecule has 1 aliphatic carbocycles. The Hall–Kier alpha value is -1.40. The van der Waals surface area contributed by atoms with Crippen LogP contribution in [0.2, 0.25) is 0 Å². The van der Waals surface area contributed by atoms with Crippen molar-refractivity contribution in [3.8, 4) is 0 Å². The zero-order valence-corrected chi connectivity index (χ0v) is 14.9. The standard InChI is InChI=1S/C18H26N2O3S/c21-18(19-14-15-8-2-3-9-15)16-10-4-5-11-17(16)24(22,23)20-12-6-1-7-13-20/h4-5,10-11,15H,1-3,6-9,12-14H2,(H,19,21). The minimum absolute atomic E-state index is 0.135. The molecule has 5 nitrogen and oxygen atoms in total. The molecule has 1 amide bonds. The first kappa shape index (κ1) is 17.4. The molecule has 0 atom stereocenters. The number of carbonyl (C=O) groups excluding carboxylic acids is 1. The van der Waals surface area contributed by atoms with Crippen LogP contribution in [0.4, 0.5) is 0 Å². The van der Waals surface area contributed by atoms with Gasteiger partial charge in [-0.15, -0.1) is 0 Å². The van der Waals surface area contributed by atoms with Gasteiger partial charge >= 0.3 is 0 Å². The second-order valence-corrected chi connectivity index (χ2v) is 8.73. The minimum atomic E-state index is -3.60. The summed E-state index contributed by atoms with van der Waals surface area (Å²) < 4.78 is 27.4. The molecule has 3 rings (SSSR count). The van der Waals surface area contributed by atoms with E-state index in [0.29, 0.717) is 25.6 Å². The van der Waals surface area contributed by atoms with Gasteiger partial charge in [-0.3, -0.25) is 4.79 Å². The van der Waals surface area contributed by atoms with E-state index in [0.717, 1.165) is 32.1 Å². The Morgan fingerprint density at radius 3 is 2.42 bits per heavy atom. The normalized spacial score (nSPS) is 20.2. The van der Waals surface area contributed by atoms with E-state index < -0.39 is 10.0 Å². The molecule has 132 valence electrons. The summed E-state index contributed by atoms with van der Waals surface area (Å²) in [7, 11) is -3.60. The molecule has 0 unspecified atom stereocenters. The van der Waals surface area contributed by atoms with E-state index in [4.69, 9.17) is 0 Å². The van der Waals surface area contributed by atoms with E-state index in [1.54, 1.807) is 24.3 Å². The lowest BCUT2D eigenvalue weighted by Crippen LogP contribution is -2.37. The molecule has 0 spiro atoms. The van der Waals surface area contributed by atoms with Gasteiger partial charge in [-0.1, -0.05) is 31.4 Å². The van der Waals surface area contributed by atoms with Gasteiger partial charge < -0.3 is 5.32 Å². The molecule has 0 radical (unpaired) electrons. The summed E-state index contributed by atoms with van der Waals surface area (Å²) in [6, 6.07) is 6.57. The molecular formula is C18H26N2O3S. The summed E-state index contributed by atoms with van der Waals surface area (Å²) >= 11 is 0. The molecule has 24 heavy (non-hydrogen) atoms. The summed E-state index contributed by atoms with van der Waals surface area (Å²) in [5.41, 5.74) is 0.265. The van der Waals surface area contributed by atoms with Crippen LogP contribution in [0.25, 0.3) is 0 Å². The summed E-state index contributed by atoms with van der Waals surface area (Å²) in [5.74, 6) is 0.248. The molecular weight excluding hydrogens is 324 g/mol. The van der Waals surface area contributed by atoms with Crippen LogP contribution in [0.15, 0.2) is 29.2 Å². The molecule has 1 aliphatic heterocycles. The summed E-state index contributed by atoms with van der Waals surface area (Å²) in [6.07, 6.45) is 7.57. The van der Waals surface area contributed by atoms with Crippen molar-refractivity contribution >= 4 is 15.9 Å². The van der Waals surface area contributed by atoms with Crippen LogP contribution in [-0.4, -0.2) is 38.3 Å². The predicted molar refractivity (Wildman–Crippen MR) is 93.3 cm³/mol. The number of nitrogens with zero attached hydrogens (tertiary/aromatic N) is 1. The highest BCUT2D eigenvalue weighted by molar-refractivity contribution is 7.89. The maximum Gasteiger partial charge on any atom is 0.252 e. The Labute approximate surface area is 144 Å². The second kappa shape index (κ2) is 7.66. The molecule has 0 bridgehead atoms. The Morgan fingerprint density at radius 2 is 1.71 bits per heavy atom. The van der Waals surface area contributed by atoms with Crippen molar-refractivity contribution in [1.29, 1.82) is 0 Å². The minimum Gasteiger partial charge on any atom is -0.352 e. The highest BCUT2D eigenvalue weighted by Gasteiger charge is 2.29. The Kier molecular flexibility index (Phi) is 5.56. The van der Waals surface area contributed by atoms with Crippen LogP contribution in [0.3, 0.4) is 0 Å². The fourth-order valence-electron chi connectivity index (χ4n) is 3.67. The topological polar surface area (TPSA) is 66.5 Å². The molecule has 1 N–H and O–H groups in total. The fraction of sp³-hybridized carbons (Fsp3) is 0.611. The first-order chi connectivity index (χ1) is 11.6. The number of benzene rings is 1. The zero-order valence-electron chi connectivity index (χ0n) is 14.0. The van der Waals surface area contributed by atoms with Crippen LogP contribution >= 0.6 is 0 Å². The molecule has 2 fully saturated rings. The molecule has 6 heteroatoms. The van der Waals surface area contributed by atoms with Crippen molar-refractivity contribution in [2.75, 3.05) is 19.6 Å². The lowest BCUT2D eigenvalue weighted by molar-refractivity contribution is 0.0944. The van der Waals surface area contributed by atoms with Gasteiger partial charge in [0.2, 0.25) is 10.0 Å². The monoisotopic (exact) mass is 350 g/mol. The SMILES string of the molecule is O=C(NCC1CCCC1)c1ccccc1S(=O)(=O)N1CCCCC1. The van der Waals surface area contributed by atoms with Gasteiger partial charge in [0.15, 0.2) is 0 Å². The van der Waals surface area contributed by atoms with Crippen LogP contribution in [0.1, 0.15) is 55.3 Å². The summed E-state index contributed by atoms with van der Waals surface area (Å²) in [5, 5.41) is 2.93. The highest BCUT2D eigenvalue weighted by Crippen LogP contribution is 2.25. The first-order valence-corrected chi connectivity index (χ1v) is 10.4. The average molecular weight is 350 g/mol. The van der Waals surface area contributed by atoms with E-state index in [2.05, 4.69) is 5.32 Å². The third-order valence-corrected chi connectivity index (χ3v) is 7.05. The maximum atomic E-state index is 12.9. The van der Waals surface area contributed by atoms with Gasteiger partial charge in [-0.25, -0.2) is 8.42 Å². The van der Waals surface area contributed by atoms with Crippen LogP contribution < -0.4 is 5.32 Å². The number of nitrogens with one attached hydrogen (secondary N) is 1. The Bertz CT molecular complexity index is 675. The van der Waals surface area contributed by atoms with E-state index in [9.17, 15) is 13.2 Å². The molecule has 1 heterocycles. The van der Waals surface area contributed by atoms with Crippen molar-refractivity contribution in [1.82, 2.24) is 9.62 Å². The van der Waals surface area contributed by atoms with Crippen molar-refractivity contribution in [3.63, 3.8) is 0 Å². The van der Waals surface area contributed by atoms with Crippen molar-refractivity contribution in [2.45, 2.75) is 49.8 Å². The number of rotatable bonds is 5. The fourth-order valence-corrected chi connectivity index (χ4v) is 5.38. The van der Waals surface area contributed by atoms with Gasteiger partial charge in [-0.05, 0) is 43.7 Å². The maximum absolute atomic E-state index is 12.9. The van der Waals surface area contributed by atoms with Crippen molar-refractivity contribution in [2.24, 2.45) is 5.92 Å². The second-order valence-electron chi connectivity index (χ2n) is 6.82. The lowest BCUT2D eigenvalue weighted by Gasteiger charge is -2.26. The number of hydrogen-bond acceptors (Lipinski definition) is 3. The van der Waals surface area contributed by atoms with E-state index in [1.165, 1.54) is 17.1 Å².